The van der Waals surface area contributed by atoms with E-state index in [2.05, 4.69) is 38.2 Å². The van der Waals surface area contributed by atoms with E-state index in [0.29, 0.717) is 31.7 Å². The van der Waals surface area contributed by atoms with Gasteiger partial charge in [0.05, 0.1) is 12.7 Å². The molecule has 0 spiro atoms. The van der Waals surface area contributed by atoms with E-state index in [0.717, 1.165) is 13.0 Å². The summed E-state index contributed by atoms with van der Waals surface area (Å²) in [7, 11) is 4.15. The topological polar surface area (TPSA) is 44.7 Å². The summed E-state index contributed by atoms with van der Waals surface area (Å²) < 4.78 is 5.19. The number of aliphatic hydroxyl groups excluding tert-OH is 1. The van der Waals surface area contributed by atoms with Gasteiger partial charge in [-0.1, -0.05) is 13.8 Å². The van der Waals surface area contributed by atoms with Gasteiger partial charge >= 0.3 is 0 Å². The fourth-order valence-corrected chi connectivity index (χ4v) is 1.85. The smallest absolute Gasteiger partial charge is 0.0897 e. The predicted octanol–water partition coefficient (Wildman–Crippen LogP) is 0.950. The van der Waals surface area contributed by atoms with Crippen molar-refractivity contribution < 1.29 is 9.84 Å². The van der Waals surface area contributed by atoms with Crippen molar-refractivity contribution in [3.63, 3.8) is 0 Å². The molecule has 2 atom stereocenters. The van der Waals surface area contributed by atoms with Crippen molar-refractivity contribution in [2.24, 2.45) is 5.92 Å². The number of aliphatic hydroxyl groups is 1. The maximum absolute atomic E-state index is 9.70. The Kier molecular flexibility index (Phi) is 9.74. The van der Waals surface area contributed by atoms with Gasteiger partial charge in [0.1, 0.15) is 0 Å². The maximum Gasteiger partial charge on any atom is 0.0897 e. The molecular weight excluding hydrogens is 216 g/mol. The van der Waals surface area contributed by atoms with Crippen molar-refractivity contribution in [2.45, 2.75) is 39.3 Å². The third kappa shape index (κ3) is 10.7. The summed E-state index contributed by atoms with van der Waals surface area (Å²) in [5, 5.41) is 13.1. The highest BCUT2D eigenvalue weighted by atomic mass is 16.5. The van der Waals surface area contributed by atoms with Crippen LogP contribution in [-0.4, -0.2) is 62.6 Å². The highest BCUT2D eigenvalue weighted by Gasteiger charge is 2.13. The summed E-state index contributed by atoms with van der Waals surface area (Å²) in [5.41, 5.74) is 0. The van der Waals surface area contributed by atoms with E-state index in [1.807, 2.05) is 6.92 Å². The first-order valence-corrected chi connectivity index (χ1v) is 6.59. The Morgan fingerprint density at radius 2 is 1.94 bits per heavy atom. The van der Waals surface area contributed by atoms with E-state index in [4.69, 9.17) is 4.74 Å². The second-order valence-electron chi connectivity index (χ2n) is 5.31. The Labute approximate surface area is 106 Å². The van der Waals surface area contributed by atoms with Crippen LogP contribution < -0.4 is 5.32 Å². The monoisotopic (exact) mass is 246 g/mol. The van der Waals surface area contributed by atoms with Gasteiger partial charge in [-0.15, -0.1) is 0 Å². The molecule has 4 heteroatoms. The Balaban J connectivity index is 3.88. The van der Waals surface area contributed by atoms with Gasteiger partial charge < -0.3 is 20.1 Å². The SMILES string of the molecule is CCOCC(O)CNC(CC(C)C)CN(C)C. The average Bonchev–Trinajstić information content (AvgIpc) is 2.21. The van der Waals surface area contributed by atoms with E-state index in [1.165, 1.54) is 0 Å². The number of likely N-dealkylation sites (N-methyl/N-ethyl adjacent to an activating group) is 1. The van der Waals surface area contributed by atoms with Gasteiger partial charge in [-0.25, -0.2) is 0 Å². The molecule has 104 valence electrons. The van der Waals surface area contributed by atoms with Gasteiger partial charge in [0.25, 0.3) is 0 Å². The Morgan fingerprint density at radius 1 is 1.29 bits per heavy atom. The van der Waals surface area contributed by atoms with Crippen LogP contribution in [0, 0.1) is 5.92 Å². The molecule has 0 radical (unpaired) electrons. The lowest BCUT2D eigenvalue weighted by Gasteiger charge is -2.25. The summed E-state index contributed by atoms with van der Waals surface area (Å²) in [5.74, 6) is 0.663. The molecule has 0 heterocycles. The number of ether oxygens (including phenoxy) is 1. The molecule has 0 fully saturated rings. The highest BCUT2D eigenvalue weighted by Crippen LogP contribution is 2.05. The van der Waals surface area contributed by atoms with Crippen molar-refractivity contribution in [3.8, 4) is 0 Å². The molecule has 0 aliphatic rings. The summed E-state index contributed by atoms with van der Waals surface area (Å²) >= 11 is 0. The molecule has 0 saturated heterocycles. The van der Waals surface area contributed by atoms with Gasteiger partial charge in [0.15, 0.2) is 0 Å². The standard InChI is InChI=1S/C13H30N2O2/c1-6-17-10-13(16)8-14-12(7-11(2)3)9-15(4)5/h11-14,16H,6-10H2,1-5H3. The molecule has 17 heavy (non-hydrogen) atoms. The zero-order valence-corrected chi connectivity index (χ0v) is 12.1. The molecule has 0 rings (SSSR count). The molecule has 0 amide bonds. The Hall–Kier alpha value is -0.160. The molecule has 0 aromatic rings. The van der Waals surface area contributed by atoms with Gasteiger partial charge in [-0.3, -0.25) is 0 Å². The quantitative estimate of drug-likeness (QED) is 0.602. The molecule has 0 aliphatic carbocycles. The van der Waals surface area contributed by atoms with Crippen molar-refractivity contribution in [2.75, 3.05) is 40.4 Å². The van der Waals surface area contributed by atoms with Gasteiger partial charge in [0, 0.05) is 25.7 Å². The Morgan fingerprint density at radius 3 is 2.41 bits per heavy atom. The molecule has 0 aromatic carbocycles. The minimum absolute atomic E-state index is 0.410. The first-order valence-electron chi connectivity index (χ1n) is 6.59. The van der Waals surface area contributed by atoms with Crippen LogP contribution in [0.25, 0.3) is 0 Å². The Bertz CT molecular complexity index is 165. The molecule has 4 nitrogen and oxygen atoms in total. The zero-order chi connectivity index (χ0) is 13.3. The fraction of sp³-hybridized carbons (Fsp3) is 1.00. The van der Waals surface area contributed by atoms with E-state index >= 15 is 0 Å². The largest absolute Gasteiger partial charge is 0.389 e. The minimum Gasteiger partial charge on any atom is -0.389 e. The average molecular weight is 246 g/mol. The summed E-state index contributed by atoms with van der Waals surface area (Å²) in [6.45, 7) is 9.06. The predicted molar refractivity (Wildman–Crippen MR) is 72.3 cm³/mol. The van der Waals surface area contributed by atoms with Crippen LogP contribution in [0.5, 0.6) is 0 Å². The van der Waals surface area contributed by atoms with Crippen LogP contribution in [-0.2, 0) is 4.74 Å². The first-order chi connectivity index (χ1) is 7.95. The number of nitrogens with zero attached hydrogens (tertiary/aromatic N) is 1. The van der Waals surface area contributed by atoms with Crippen molar-refractivity contribution in [1.29, 1.82) is 0 Å². The molecule has 0 aliphatic heterocycles. The first kappa shape index (κ1) is 16.8. The molecular formula is C13H30N2O2. The summed E-state index contributed by atoms with van der Waals surface area (Å²) in [6.07, 6.45) is 0.714. The second kappa shape index (κ2) is 9.83. The second-order valence-corrected chi connectivity index (χ2v) is 5.31. The van der Waals surface area contributed by atoms with Crippen LogP contribution in [0.2, 0.25) is 0 Å². The number of rotatable bonds is 10. The minimum atomic E-state index is -0.410. The molecule has 0 saturated carbocycles. The molecule has 0 aromatic heterocycles. The van der Waals surface area contributed by atoms with Crippen LogP contribution in [0.4, 0.5) is 0 Å². The third-order valence-corrected chi connectivity index (χ3v) is 2.50. The van der Waals surface area contributed by atoms with E-state index in [-0.39, 0.29) is 0 Å². The van der Waals surface area contributed by atoms with E-state index < -0.39 is 6.10 Å². The fourth-order valence-electron chi connectivity index (χ4n) is 1.85. The number of nitrogens with one attached hydrogen (secondary N) is 1. The number of hydrogen-bond donors (Lipinski definition) is 2. The number of hydrogen-bond acceptors (Lipinski definition) is 4. The van der Waals surface area contributed by atoms with E-state index in [1.54, 1.807) is 0 Å². The summed E-state index contributed by atoms with van der Waals surface area (Å²) in [4.78, 5) is 2.18. The van der Waals surface area contributed by atoms with Crippen LogP contribution in [0.1, 0.15) is 27.2 Å². The summed E-state index contributed by atoms with van der Waals surface area (Å²) in [6, 6.07) is 0.432. The van der Waals surface area contributed by atoms with Crippen LogP contribution >= 0.6 is 0 Å². The van der Waals surface area contributed by atoms with Crippen molar-refractivity contribution in [3.05, 3.63) is 0 Å². The van der Waals surface area contributed by atoms with Crippen molar-refractivity contribution in [1.82, 2.24) is 10.2 Å². The van der Waals surface area contributed by atoms with Crippen LogP contribution in [0.15, 0.2) is 0 Å². The molecule has 0 bridgehead atoms. The van der Waals surface area contributed by atoms with Gasteiger partial charge in [0.2, 0.25) is 0 Å². The normalized spacial score (nSPS) is 15.5. The van der Waals surface area contributed by atoms with Gasteiger partial charge in [-0.05, 0) is 33.4 Å². The third-order valence-electron chi connectivity index (χ3n) is 2.50. The van der Waals surface area contributed by atoms with Gasteiger partial charge in [-0.2, -0.15) is 0 Å². The van der Waals surface area contributed by atoms with E-state index in [9.17, 15) is 5.11 Å². The molecule has 2 N–H and O–H groups in total. The van der Waals surface area contributed by atoms with Crippen molar-refractivity contribution >= 4 is 0 Å². The zero-order valence-electron chi connectivity index (χ0n) is 12.1. The molecule has 2 unspecified atom stereocenters. The highest BCUT2D eigenvalue weighted by molar-refractivity contribution is 4.73. The van der Waals surface area contributed by atoms with Crippen LogP contribution in [0.3, 0.4) is 0 Å². The lowest BCUT2D eigenvalue weighted by molar-refractivity contribution is 0.0405. The lowest BCUT2D eigenvalue weighted by Crippen LogP contribution is -2.43. The maximum atomic E-state index is 9.70. The lowest BCUT2D eigenvalue weighted by atomic mass is 10.0.